The van der Waals surface area contributed by atoms with Gasteiger partial charge in [-0.15, -0.1) is 12.4 Å². The van der Waals surface area contributed by atoms with Crippen molar-refractivity contribution in [3.05, 3.63) is 30.1 Å². The summed E-state index contributed by atoms with van der Waals surface area (Å²) in [6, 6.07) is 4.11. The van der Waals surface area contributed by atoms with Crippen LogP contribution >= 0.6 is 12.4 Å². The molecule has 1 amide bonds. The van der Waals surface area contributed by atoms with Gasteiger partial charge < -0.3 is 10.2 Å². The Morgan fingerprint density at radius 1 is 1.58 bits per heavy atom. The molecular formula is C14H22ClN3O. The van der Waals surface area contributed by atoms with E-state index in [9.17, 15) is 4.79 Å². The maximum absolute atomic E-state index is 12.2. The predicted octanol–water partition coefficient (Wildman–Crippen LogP) is 2.17. The summed E-state index contributed by atoms with van der Waals surface area (Å²) in [4.78, 5) is 18.4. The second-order valence-corrected chi connectivity index (χ2v) is 4.70. The number of piperazine rings is 1. The predicted molar refractivity (Wildman–Crippen MR) is 78.3 cm³/mol. The average molecular weight is 284 g/mol. The normalized spacial score (nSPS) is 18.8. The molecule has 1 aromatic heterocycles. The fourth-order valence-electron chi connectivity index (χ4n) is 2.35. The molecule has 2 rings (SSSR count). The number of rotatable bonds is 4. The molecule has 0 spiro atoms. The van der Waals surface area contributed by atoms with Crippen molar-refractivity contribution < 1.29 is 4.79 Å². The summed E-state index contributed by atoms with van der Waals surface area (Å²) in [5, 5.41) is 3.35. The van der Waals surface area contributed by atoms with E-state index in [0.29, 0.717) is 6.42 Å². The Labute approximate surface area is 121 Å². The molecule has 1 unspecified atom stereocenters. The summed E-state index contributed by atoms with van der Waals surface area (Å²) in [6.07, 6.45) is 6.33. The third kappa shape index (κ3) is 4.18. The van der Waals surface area contributed by atoms with Gasteiger partial charge in [0.05, 0.1) is 6.04 Å². The lowest BCUT2D eigenvalue weighted by Crippen LogP contribution is -2.48. The van der Waals surface area contributed by atoms with Crippen molar-refractivity contribution in [2.75, 3.05) is 19.6 Å². The summed E-state index contributed by atoms with van der Waals surface area (Å²) < 4.78 is 0. The molecule has 0 aliphatic carbocycles. The Hall–Kier alpha value is -1.13. The Balaban J connectivity index is 0.00000180. The molecule has 106 valence electrons. The van der Waals surface area contributed by atoms with Gasteiger partial charge in [0.2, 0.25) is 5.91 Å². The van der Waals surface area contributed by atoms with Gasteiger partial charge in [-0.3, -0.25) is 9.78 Å². The van der Waals surface area contributed by atoms with E-state index >= 15 is 0 Å². The molecule has 19 heavy (non-hydrogen) atoms. The molecule has 1 fully saturated rings. The molecule has 1 saturated heterocycles. The van der Waals surface area contributed by atoms with E-state index in [1.54, 1.807) is 6.20 Å². The van der Waals surface area contributed by atoms with Crippen LogP contribution in [0.2, 0.25) is 0 Å². The first-order valence-electron chi connectivity index (χ1n) is 6.73. The van der Waals surface area contributed by atoms with Gasteiger partial charge in [-0.25, -0.2) is 0 Å². The minimum absolute atomic E-state index is 0. The van der Waals surface area contributed by atoms with Crippen molar-refractivity contribution in [3.63, 3.8) is 0 Å². The Morgan fingerprint density at radius 2 is 2.42 bits per heavy atom. The van der Waals surface area contributed by atoms with Gasteiger partial charge in [0.25, 0.3) is 0 Å². The average Bonchev–Trinajstić information content (AvgIpc) is 2.45. The van der Waals surface area contributed by atoms with Crippen LogP contribution in [0.4, 0.5) is 0 Å². The molecule has 1 aromatic rings. The first-order valence-corrected chi connectivity index (χ1v) is 6.73. The lowest BCUT2D eigenvalue weighted by molar-refractivity contribution is -0.134. The fourth-order valence-corrected chi connectivity index (χ4v) is 2.35. The monoisotopic (exact) mass is 283 g/mol. The van der Waals surface area contributed by atoms with Gasteiger partial charge in [0.15, 0.2) is 0 Å². The quantitative estimate of drug-likeness (QED) is 0.921. The van der Waals surface area contributed by atoms with Crippen molar-refractivity contribution >= 4 is 18.3 Å². The number of hydrogen-bond donors (Lipinski definition) is 1. The van der Waals surface area contributed by atoms with E-state index < -0.39 is 0 Å². The van der Waals surface area contributed by atoms with Gasteiger partial charge in [0.1, 0.15) is 0 Å². The number of nitrogens with one attached hydrogen (secondary N) is 1. The van der Waals surface area contributed by atoms with Crippen LogP contribution in [0.1, 0.15) is 37.8 Å². The highest BCUT2D eigenvalue weighted by Crippen LogP contribution is 2.22. The van der Waals surface area contributed by atoms with Crippen LogP contribution in [0.3, 0.4) is 0 Å². The van der Waals surface area contributed by atoms with E-state index in [4.69, 9.17) is 0 Å². The summed E-state index contributed by atoms with van der Waals surface area (Å²) in [7, 11) is 0. The van der Waals surface area contributed by atoms with Crippen LogP contribution in [0.25, 0.3) is 0 Å². The van der Waals surface area contributed by atoms with Crippen molar-refractivity contribution in [1.29, 1.82) is 0 Å². The number of halogens is 1. The molecule has 1 aliphatic heterocycles. The molecule has 0 bridgehead atoms. The SMILES string of the molecule is CCCCC(=O)N1CCNCC1c1cccnc1.Cl. The van der Waals surface area contributed by atoms with Gasteiger partial charge in [-0.05, 0) is 18.1 Å². The number of hydrogen-bond acceptors (Lipinski definition) is 3. The molecule has 4 nitrogen and oxygen atoms in total. The third-order valence-corrected chi connectivity index (χ3v) is 3.38. The highest BCUT2D eigenvalue weighted by Gasteiger charge is 2.27. The standard InChI is InChI=1S/C14H21N3O.ClH/c1-2-3-6-14(18)17-9-8-16-11-13(17)12-5-4-7-15-10-12;/h4-5,7,10,13,16H,2-3,6,8-9,11H2,1H3;1H. The molecule has 2 heterocycles. The smallest absolute Gasteiger partial charge is 0.223 e. The lowest BCUT2D eigenvalue weighted by Gasteiger charge is -2.36. The number of nitrogens with zero attached hydrogens (tertiary/aromatic N) is 2. The first kappa shape index (κ1) is 15.9. The van der Waals surface area contributed by atoms with Crippen molar-refractivity contribution in [2.45, 2.75) is 32.2 Å². The van der Waals surface area contributed by atoms with E-state index in [-0.39, 0.29) is 24.4 Å². The number of aromatic nitrogens is 1. The van der Waals surface area contributed by atoms with Crippen LogP contribution < -0.4 is 5.32 Å². The summed E-state index contributed by atoms with van der Waals surface area (Å²) in [5.41, 5.74) is 1.12. The molecule has 1 aliphatic rings. The van der Waals surface area contributed by atoms with Crippen LogP contribution in [0.15, 0.2) is 24.5 Å². The van der Waals surface area contributed by atoms with E-state index in [1.807, 2.05) is 23.2 Å². The van der Waals surface area contributed by atoms with Crippen LogP contribution in [0, 0.1) is 0 Å². The molecule has 1 N–H and O–H groups in total. The maximum atomic E-state index is 12.2. The Kier molecular flexibility index (Phi) is 6.81. The highest BCUT2D eigenvalue weighted by atomic mass is 35.5. The number of carbonyl (C=O) groups excluding carboxylic acids is 1. The topological polar surface area (TPSA) is 45.2 Å². The second kappa shape index (κ2) is 8.12. The third-order valence-electron chi connectivity index (χ3n) is 3.38. The van der Waals surface area contributed by atoms with E-state index in [0.717, 1.165) is 38.0 Å². The van der Waals surface area contributed by atoms with E-state index in [1.165, 1.54) is 0 Å². The summed E-state index contributed by atoms with van der Waals surface area (Å²) in [5.74, 6) is 0.271. The highest BCUT2D eigenvalue weighted by molar-refractivity contribution is 5.85. The molecule has 1 atom stereocenters. The van der Waals surface area contributed by atoms with Gasteiger partial charge in [-0.2, -0.15) is 0 Å². The fraction of sp³-hybridized carbons (Fsp3) is 0.571. The molecule has 0 aromatic carbocycles. The summed E-state index contributed by atoms with van der Waals surface area (Å²) in [6.45, 7) is 4.62. The van der Waals surface area contributed by atoms with Crippen LogP contribution in [-0.4, -0.2) is 35.4 Å². The Morgan fingerprint density at radius 3 is 3.11 bits per heavy atom. The number of amides is 1. The second-order valence-electron chi connectivity index (χ2n) is 4.70. The first-order chi connectivity index (χ1) is 8.83. The van der Waals surface area contributed by atoms with Crippen molar-refractivity contribution in [2.24, 2.45) is 0 Å². The van der Waals surface area contributed by atoms with Crippen LogP contribution in [0.5, 0.6) is 0 Å². The maximum Gasteiger partial charge on any atom is 0.223 e. The largest absolute Gasteiger partial charge is 0.333 e. The zero-order valence-corrected chi connectivity index (χ0v) is 12.2. The zero-order chi connectivity index (χ0) is 12.8. The Bertz CT molecular complexity index is 386. The molecule has 5 heteroatoms. The number of pyridine rings is 1. The lowest BCUT2D eigenvalue weighted by atomic mass is 10.0. The molecule has 0 saturated carbocycles. The number of unbranched alkanes of at least 4 members (excludes halogenated alkanes) is 1. The van der Waals surface area contributed by atoms with E-state index in [2.05, 4.69) is 17.2 Å². The van der Waals surface area contributed by atoms with Gasteiger partial charge in [0, 0.05) is 38.4 Å². The van der Waals surface area contributed by atoms with Crippen LogP contribution in [-0.2, 0) is 4.79 Å². The number of carbonyl (C=O) groups is 1. The van der Waals surface area contributed by atoms with Crippen molar-refractivity contribution in [3.8, 4) is 0 Å². The van der Waals surface area contributed by atoms with Gasteiger partial charge in [-0.1, -0.05) is 19.4 Å². The van der Waals surface area contributed by atoms with Gasteiger partial charge >= 0.3 is 0 Å². The molecule has 0 radical (unpaired) electrons. The van der Waals surface area contributed by atoms with Crippen molar-refractivity contribution in [1.82, 2.24) is 15.2 Å². The summed E-state index contributed by atoms with van der Waals surface area (Å²) >= 11 is 0. The minimum Gasteiger partial charge on any atom is -0.333 e. The minimum atomic E-state index is 0. The zero-order valence-electron chi connectivity index (χ0n) is 11.3. The molecular weight excluding hydrogens is 262 g/mol.